The lowest BCUT2D eigenvalue weighted by Gasteiger charge is -2.14. The fraction of sp³-hybridized carbons (Fsp3) is 0. The first-order valence-corrected chi connectivity index (χ1v) is 8.08. The lowest BCUT2D eigenvalue weighted by Crippen LogP contribution is -2.27. The van der Waals surface area contributed by atoms with Crippen LogP contribution in [-0.2, 0) is 4.79 Å². The van der Waals surface area contributed by atoms with Crippen LogP contribution in [0.15, 0.2) is 53.4 Å². The topological polar surface area (TPSA) is 77.8 Å². The van der Waals surface area contributed by atoms with Gasteiger partial charge in [0.05, 0.1) is 16.2 Å². The Morgan fingerprint density at radius 1 is 1.08 bits per heavy atom. The van der Waals surface area contributed by atoms with Crippen molar-refractivity contribution in [3.05, 3.63) is 64.6 Å². The van der Waals surface area contributed by atoms with Gasteiger partial charge in [-0.3, -0.25) is 9.69 Å². The molecule has 0 atom stereocenters. The summed E-state index contributed by atoms with van der Waals surface area (Å²) in [5.74, 6) is -1.14. The van der Waals surface area contributed by atoms with E-state index in [1.165, 1.54) is 40.9 Å². The average molecular weight is 357 g/mol. The first kappa shape index (κ1) is 16.2. The Morgan fingerprint density at radius 2 is 1.71 bits per heavy atom. The Hall–Kier alpha value is -2.64. The highest BCUT2D eigenvalue weighted by molar-refractivity contribution is 8.27. The normalized spacial score (nSPS) is 16.0. The standard InChI is InChI=1S/C17H11NO4S2/c19-13-7-1-10(2-8-13)9-14-15(20)18(17(23)24-14)12-5-3-11(4-6-12)16(21)22/h1-9,19H,(H,21,22)/b14-9+. The molecule has 0 saturated carbocycles. The Bertz CT molecular complexity index is 857. The van der Waals surface area contributed by atoms with Crippen molar-refractivity contribution in [3.63, 3.8) is 0 Å². The summed E-state index contributed by atoms with van der Waals surface area (Å²) in [6, 6.07) is 12.4. The molecule has 5 nitrogen and oxygen atoms in total. The van der Waals surface area contributed by atoms with Gasteiger partial charge in [-0.1, -0.05) is 36.1 Å². The number of thiocarbonyl (C=S) groups is 1. The van der Waals surface area contributed by atoms with Crippen LogP contribution in [0.25, 0.3) is 6.08 Å². The largest absolute Gasteiger partial charge is 0.508 e. The molecule has 120 valence electrons. The molecular formula is C17H11NO4S2. The molecule has 3 rings (SSSR count). The smallest absolute Gasteiger partial charge is 0.335 e. The lowest BCUT2D eigenvalue weighted by atomic mass is 10.2. The van der Waals surface area contributed by atoms with E-state index in [0.717, 1.165) is 5.56 Å². The zero-order chi connectivity index (χ0) is 17.3. The molecule has 0 spiro atoms. The third-order valence-electron chi connectivity index (χ3n) is 3.36. The number of phenolic OH excluding ortho intramolecular Hbond substituents is 1. The molecule has 0 radical (unpaired) electrons. The SMILES string of the molecule is O=C(O)c1ccc(N2C(=O)/C(=C\c3ccc(O)cc3)SC2=S)cc1. The molecule has 1 aliphatic rings. The van der Waals surface area contributed by atoms with Gasteiger partial charge in [0.25, 0.3) is 5.91 Å². The van der Waals surface area contributed by atoms with Crippen LogP contribution < -0.4 is 4.90 Å². The van der Waals surface area contributed by atoms with Crippen molar-refractivity contribution in [2.45, 2.75) is 0 Å². The third kappa shape index (κ3) is 3.17. The number of rotatable bonds is 3. The molecule has 2 aromatic carbocycles. The summed E-state index contributed by atoms with van der Waals surface area (Å²) in [5.41, 5.74) is 1.44. The summed E-state index contributed by atoms with van der Waals surface area (Å²) in [5, 5.41) is 18.2. The molecule has 2 aromatic rings. The molecule has 0 bridgehead atoms. The highest BCUT2D eigenvalue weighted by Crippen LogP contribution is 2.36. The van der Waals surface area contributed by atoms with Crippen LogP contribution in [0.1, 0.15) is 15.9 Å². The second-order valence-electron chi connectivity index (χ2n) is 4.96. The first-order valence-electron chi connectivity index (χ1n) is 6.86. The molecule has 1 amide bonds. The molecule has 0 aliphatic carbocycles. The number of amides is 1. The van der Waals surface area contributed by atoms with Gasteiger partial charge < -0.3 is 10.2 Å². The number of aromatic carboxylic acids is 1. The van der Waals surface area contributed by atoms with Gasteiger partial charge in [0.15, 0.2) is 4.32 Å². The van der Waals surface area contributed by atoms with Gasteiger partial charge in [-0.2, -0.15) is 0 Å². The van der Waals surface area contributed by atoms with Crippen molar-refractivity contribution < 1.29 is 19.8 Å². The van der Waals surface area contributed by atoms with Gasteiger partial charge in [0, 0.05) is 0 Å². The fourth-order valence-corrected chi connectivity index (χ4v) is 3.46. The fourth-order valence-electron chi connectivity index (χ4n) is 2.17. The number of hydrogen-bond acceptors (Lipinski definition) is 5. The predicted molar refractivity (Wildman–Crippen MR) is 97.2 cm³/mol. The number of carboxylic acids is 1. The molecule has 0 aromatic heterocycles. The van der Waals surface area contributed by atoms with Gasteiger partial charge in [-0.15, -0.1) is 0 Å². The quantitative estimate of drug-likeness (QED) is 0.647. The molecule has 1 fully saturated rings. The zero-order valence-corrected chi connectivity index (χ0v) is 13.8. The van der Waals surface area contributed by atoms with Crippen molar-refractivity contribution in [2.24, 2.45) is 0 Å². The number of nitrogens with zero attached hydrogens (tertiary/aromatic N) is 1. The van der Waals surface area contributed by atoms with Crippen LogP contribution in [0.5, 0.6) is 5.75 Å². The van der Waals surface area contributed by atoms with Crippen LogP contribution in [0.2, 0.25) is 0 Å². The van der Waals surface area contributed by atoms with Crippen molar-refractivity contribution >= 4 is 51.9 Å². The summed E-state index contributed by atoms with van der Waals surface area (Å²) < 4.78 is 0.383. The number of thioether (sulfide) groups is 1. The number of carbonyl (C=O) groups is 2. The summed E-state index contributed by atoms with van der Waals surface area (Å²) in [7, 11) is 0. The molecule has 0 unspecified atom stereocenters. The number of phenols is 1. The molecule has 1 aliphatic heterocycles. The minimum absolute atomic E-state index is 0.142. The predicted octanol–water partition coefficient (Wildman–Crippen LogP) is 3.50. The monoisotopic (exact) mass is 357 g/mol. The minimum atomic E-state index is -1.03. The van der Waals surface area contributed by atoms with Gasteiger partial charge in [-0.05, 0) is 48.0 Å². The van der Waals surface area contributed by atoms with E-state index in [-0.39, 0.29) is 17.2 Å². The maximum absolute atomic E-state index is 12.6. The number of carboxylic acid groups (broad SMARTS) is 1. The van der Waals surface area contributed by atoms with E-state index in [1.54, 1.807) is 30.3 Å². The molecule has 24 heavy (non-hydrogen) atoms. The van der Waals surface area contributed by atoms with Gasteiger partial charge in [-0.25, -0.2) is 4.79 Å². The number of benzene rings is 2. The highest BCUT2D eigenvalue weighted by atomic mass is 32.2. The van der Waals surface area contributed by atoms with Crippen LogP contribution >= 0.6 is 24.0 Å². The molecule has 7 heteroatoms. The third-order valence-corrected chi connectivity index (χ3v) is 4.66. The maximum Gasteiger partial charge on any atom is 0.335 e. The maximum atomic E-state index is 12.6. The van der Waals surface area contributed by atoms with Crippen LogP contribution in [0, 0.1) is 0 Å². The first-order chi connectivity index (χ1) is 11.5. The molecule has 2 N–H and O–H groups in total. The molecule has 1 saturated heterocycles. The number of anilines is 1. The Labute approximate surface area is 147 Å². The van der Waals surface area contributed by atoms with Crippen molar-refractivity contribution in [1.29, 1.82) is 0 Å². The van der Waals surface area contributed by atoms with Crippen molar-refractivity contribution in [2.75, 3.05) is 4.90 Å². The van der Waals surface area contributed by atoms with E-state index in [1.807, 2.05) is 0 Å². The van der Waals surface area contributed by atoms with E-state index >= 15 is 0 Å². The summed E-state index contributed by atoms with van der Waals surface area (Å²) in [6.07, 6.45) is 1.70. The van der Waals surface area contributed by atoms with E-state index in [9.17, 15) is 14.7 Å². The van der Waals surface area contributed by atoms with Gasteiger partial charge in [0.1, 0.15) is 5.75 Å². The summed E-state index contributed by atoms with van der Waals surface area (Å²) >= 11 is 6.45. The van der Waals surface area contributed by atoms with E-state index in [2.05, 4.69) is 0 Å². The summed E-state index contributed by atoms with van der Waals surface area (Å²) in [4.78, 5) is 25.3. The number of aromatic hydroxyl groups is 1. The minimum Gasteiger partial charge on any atom is -0.508 e. The second-order valence-corrected chi connectivity index (χ2v) is 6.64. The molecule has 1 heterocycles. The second kappa shape index (κ2) is 6.46. The number of hydrogen-bond donors (Lipinski definition) is 2. The van der Waals surface area contributed by atoms with E-state index in [4.69, 9.17) is 17.3 Å². The Morgan fingerprint density at radius 3 is 2.29 bits per heavy atom. The van der Waals surface area contributed by atoms with Crippen LogP contribution in [0.4, 0.5) is 5.69 Å². The highest BCUT2D eigenvalue weighted by Gasteiger charge is 2.33. The Kier molecular flexibility index (Phi) is 4.37. The van der Waals surface area contributed by atoms with Gasteiger partial charge in [0.2, 0.25) is 0 Å². The van der Waals surface area contributed by atoms with Crippen molar-refractivity contribution in [3.8, 4) is 5.75 Å². The van der Waals surface area contributed by atoms with Crippen LogP contribution in [-0.4, -0.2) is 26.4 Å². The summed E-state index contributed by atoms with van der Waals surface area (Å²) in [6.45, 7) is 0. The average Bonchev–Trinajstić information content (AvgIpc) is 2.83. The van der Waals surface area contributed by atoms with E-state index < -0.39 is 5.97 Å². The zero-order valence-electron chi connectivity index (χ0n) is 12.2. The molecular weight excluding hydrogens is 346 g/mol. The number of carbonyl (C=O) groups excluding carboxylic acids is 1. The van der Waals surface area contributed by atoms with Crippen molar-refractivity contribution in [1.82, 2.24) is 0 Å². The van der Waals surface area contributed by atoms with E-state index in [0.29, 0.717) is 14.9 Å². The van der Waals surface area contributed by atoms with Crippen LogP contribution in [0.3, 0.4) is 0 Å². The lowest BCUT2D eigenvalue weighted by molar-refractivity contribution is -0.113. The Balaban J connectivity index is 1.88. The van der Waals surface area contributed by atoms with Gasteiger partial charge >= 0.3 is 5.97 Å².